The van der Waals surface area contributed by atoms with Crippen molar-refractivity contribution in [3.8, 4) is 0 Å². The number of esters is 2. The molecule has 2 atom stereocenters. The Kier molecular flexibility index (Phi) is 11.4. The lowest BCUT2D eigenvalue weighted by molar-refractivity contribution is -0.144. The van der Waals surface area contributed by atoms with Crippen molar-refractivity contribution >= 4 is 29.3 Å². The maximum atomic E-state index is 13.5. The van der Waals surface area contributed by atoms with Crippen LogP contribution in [0.5, 0.6) is 0 Å². The van der Waals surface area contributed by atoms with E-state index >= 15 is 0 Å². The van der Waals surface area contributed by atoms with Crippen LogP contribution in [0, 0.1) is 5.92 Å². The molecule has 4 aromatic rings. The van der Waals surface area contributed by atoms with Crippen molar-refractivity contribution in [2.75, 3.05) is 33.5 Å². The smallest absolute Gasteiger partial charge is 0.336 e. The standard InChI is InChI=1S/C39H39ClN2O5/c1-4-47-38(44)36-33(42-27(2)34(37(43)45-3)35(36)31-22-14-15-23-32(31)40)26-46-25-24-41-39(28-16-8-5-9-17-28,29-18-10-6-11-19-29)30-20-12-7-13-21-30/h5-23,34-35,41H,4,24-26H2,1-3H3. The van der Waals surface area contributed by atoms with Crippen LogP contribution in [0.1, 0.15) is 42.0 Å². The molecule has 8 heteroatoms. The third kappa shape index (κ3) is 7.23. The van der Waals surface area contributed by atoms with Gasteiger partial charge in [0.15, 0.2) is 0 Å². The average molecular weight is 651 g/mol. The molecule has 1 aliphatic heterocycles. The monoisotopic (exact) mass is 650 g/mol. The zero-order valence-electron chi connectivity index (χ0n) is 26.8. The molecule has 0 radical (unpaired) electrons. The fourth-order valence-corrected chi connectivity index (χ4v) is 6.59. The van der Waals surface area contributed by atoms with Gasteiger partial charge in [0.05, 0.1) is 43.7 Å². The Balaban J connectivity index is 1.46. The van der Waals surface area contributed by atoms with Crippen molar-refractivity contribution < 1.29 is 23.8 Å². The van der Waals surface area contributed by atoms with Crippen LogP contribution in [0.2, 0.25) is 5.02 Å². The molecular weight excluding hydrogens is 612 g/mol. The van der Waals surface area contributed by atoms with Crippen molar-refractivity contribution in [3.63, 3.8) is 0 Å². The van der Waals surface area contributed by atoms with E-state index < -0.39 is 29.3 Å². The van der Waals surface area contributed by atoms with E-state index in [1.165, 1.54) is 7.11 Å². The van der Waals surface area contributed by atoms with E-state index in [2.05, 4.69) is 41.7 Å². The van der Waals surface area contributed by atoms with Gasteiger partial charge in [0.2, 0.25) is 0 Å². The molecule has 1 N–H and O–H groups in total. The SMILES string of the molecule is CCOC(=O)C1=C(COCCNC(c2ccccc2)(c2ccccc2)c2ccccc2)N=C(C)C(C(=O)OC)C1c1ccccc1Cl. The maximum Gasteiger partial charge on any atom is 0.336 e. The lowest BCUT2D eigenvalue weighted by atomic mass is 9.75. The predicted molar refractivity (Wildman–Crippen MR) is 184 cm³/mol. The minimum atomic E-state index is -0.854. The molecule has 1 heterocycles. The van der Waals surface area contributed by atoms with Crippen LogP contribution in [0.15, 0.2) is 132 Å². The average Bonchev–Trinajstić information content (AvgIpc) is 3.11. The largest absolute Gasteiger partial charge is 0.468 e. The van der Waals surface area contributed by atoms with Gasteiger partial charge < -0.3 is 14.2 Å². The fourth-order valence-electron chi connectivity index (χ4n) is 6.34. The second kappa shape index (κ2) is 15.8. The topological polar surface area (TPSA) is 86.2 Å². The molecule has 47 heavy (non-hydrogen) atoms. The summed E-state index contributed by atoms with van der Waals surface area (Å²) in [5, 5.41) is 4.23. The van der Waals surface area contributed by atoms with Crippen molar-refractivity contribution in [2.24, 2.45) is 10.9 Å². The fraction of sp³-hybridized carbons (Fsp3) is 0.256. The molecule has 1 aliphatic rings. The number of nitrogens with zero attached hydrogens (tertiary/aromatic N) is 1. The van der Waals surface area contributed by atoms with E-state index in [1.54, 1.807) is 32.0 Å². The van der Waals surface area contributed by atoms with E-state index in [1.807, 2.05) is 60.7 Å². The highest BCUT2D eigenvalue weighted by molar-refractivity contribution is 6.31. The number of hydrogen-bond donors (Lipinski definition) is 1. The van der Waals surface area contributed by atoms with E-state index in [0.29, 0.717) is 35.1 Å². The van der Waals surface area contributed by atoms with Crippen LogP contribution in [0.4, 0.5) is 0 Å². The van der Waals surface area contributed by atoms with Crippen LogP contribution >= 0.6 is 11.6 Å². The van der Waals surface area contributed by atoms with Gasteiger partial charge in [-0.3, -0.25) is 15.1 Å². The molecule has 0 aliphatic carbocycles. The predicted octanol–water partition coefficient (Wildman–Crippen LogP) is 7.10. The van der Waals surface area contributed by atoms with Crippen molar-refractivity contribution in [1.82, 2.24) is 5.32 Å². The summed E-state index contributed by atoms with van der Waals surface area (Å²) in [5.74, 6) is -2.70. The molecule has 0 aromatic heterocycles. The summed E-state index contributed by atoms with van der Waals surface area (Å²) in [5.41, 5.74) is 4.37. The molecule has 0 amide bonds. The summed E-state index contributed by atoms with van der Waals surface area (Å²) in [6.07, 6.45) is 0. The van der Waals surface area contributed by atoms with Gasteiger partial charge in [-0.25, -0.2) is 4.79 Å². The zero-order valence-corrected chi connectivity index (χ0v) is 27.6. The second-order valence-corrected chi connectivity index (χ2v) is 11.6. The number of carbonyl (C=O) groups excluding carboxylic acids is 2. The van der Waals surface area contributed by atoms with Gasteiger partial charge in [-0.2, -0.15) is 0 Å². The van der Waals surface area contributed by atoms with Gasteiger partial charge in [-0.15, -0.1) is 0 Å². The number of nitrogens with one attached hydrogen (secondary N) is 1. The van der Waals surface area contributed by atoms with Gasteiger partial charge in [-0.1, -0.05) is 121 Å². The molecule has 0 fully saturated rings. The first-order valence-electron chi connectivity index (χ1n) is 15.7. The van der Waals surface area contributed by atoms with Crippen LogP contribution in [0.3, 0.4) is 0 Å². The van der Waals surface area contributed by atoms with E-state index in [0.717, 1.165) is 16.7 Å². The molecule has 0 saturated heterocycles. The number of methoxy groups -OCH3 is 1. The van der Waals surface area contributed by atoms with Crippen molar-refractivity contribution in [2.45, 2.75) is 25.3 Å². The number of benzene rings is 4. The summed E-state index contributed by atoms with van der Waals surface area (Å²) in [6, 6.07) is 38.1. The van der Waals surface area contributed by atoms with E-state index in [-0.39, 0.29) is 18.8 Å². The van der Waals surface area contributed by atoms with Crippen LogP contribution in [-0.4, -0.2) is 51.1 Å². The summed E-state index contributed by atoms with van der Waals surface area (Å²) in [4.78, 5) is 31.4. The first-order valence-corrected chi connectivity index (χ1v) is 16.1. The first kappa shape index (κ1) is 33.8. The number of aliphatic imine (C=N–C) groups is 1. The van der Waals surface area contributed by atoms with Gasteiger partial charge >= 0.3 is 11.9 Å². The Bertz CT molecular complexity index is 1630. The van der Waals surface area contributed by atoms with Crippen molar-refractivity contribution in [1.29, 1.82) is 0 Å². The van der Waals surface area contributed by atoms with E-state index in [4.69, 9.17) is 30.8 Å². The number of rotatable bonds is 13. The lowest BCUT2D eigenvalue weighted by Gasteiger charge is -2.37. The van der Waals surface area contributed by atoms with Crippen LogP contribution in [-0.2, 0) is 29.3 Å². The number of halogens is 1. The highest BCUT2D eigenvalue weighted by atomic mass is 35.5. The third-order valence-electron chi connectivity index (χ3n) is 8.40. The molecule has 5 rings (SSSR count). The highest BCUT2D eigenvalue weighted by Gasteiger charge is 2.44. The van der Waals surface area contributed by atoms with Crippen LogP contribution < -0.4 is 5.32 Å². The van der Waals surface area contributed by atoms with Gasteiger partial charge in [0, 0.05) is 23.2 Å². The Morgan fingerprint density at radius 3 is 1.87 bits per heavy atom. The molecule has 4 aromatic carbocycles. The molecular formula is C39H39ClN2O5. The Morgan fingerprint density at radius 2 is 1.36 bits per heavy atom. The summed E-state index contributed by atoms with van der Waals surface area (Å²) in [7, 11) is 1.32. The van der Waals surface area contributed by atoms with Crippen LogP contribution in [0.25, 0.3) is 0 Å². The zero-order chi connectivity index (χ0) is 33.2. The Hall–Kier alpha value is -4.56. The van der Waals surface area contributed by atoms with Crippen molar-refractivity contribution in [3.05, 3.63) is 154 Å². The summed E-state index contributed by atoms with van der Waals surface area (Å²) >= 11 is 6.65. The molecule has 7 nitrogen and oxygen atoms in total. The maximum absolute atomic E-state index is 13.5. The van der Waals surface area contributed by atoms with Gasteiger partial charge in [0.25, 0.3) is 0 Å². The number of hydrogen-bond acceptors (Lipinski definition) is 7. The molecule has 242 valence electrons. The minimum absolute atomic E-state index is 0.0248. The summed E-state index contributed by atoms with van der Waals surface area (Å²) in [6.45, 7) is 4.45. The molecule has 0 saturated carbocycles. The number of carbonyl (C=O) groups is 2. The molecule has 0 bridgehead atoms. The third-order valence-corrected chi connectivity index (χ3v) is 8.75. The van der Waals surface area contributed by atoms with Gasteiger partial charge in [0.1, 0.15) is 5.92 Å². The van der Waals surface area contributed by atoms with E-state index in [9.17, 15) is 9.59 Å². The highest BCUT2D eigenvalue weighted by Crippen LogP contribution is 2.43. The lowest BCUT2D eigenvalue weighted by Crippen LogP contribution is -2.46. The molecule has 2 unspecified atom stereocenters. The minimum Gasteiger partial charge on any atom is -0.468 e. The second-order valence-electron chi connectivity index (χ2n) is 11.2. The Morgan fingerprint density at radius 1 is 0.830 bits per heavy atom. The Labute approximate surface area is 281 Å². The normalized spacial score (nSPS) is 16.4. The summed E-state index contributed by atoms with van der Waals surface area (Å²) < 4.78 is 16.9. The van der Waals surface area contributed by atoms with Gasteiger partial charge in [-0.05, 0) is 42.2 Å². The molecule has 0 spiro atoms. The first-order chi connectivity index (χ1) is 22.9. The quantitative estimate of drug-likeness (QED) is 0.0944. The number of ether oxygens (including phenoxy) is 3.